The fourth-order valence-corrected chi connectivity index (χ4v) is 4.39. The van der Waals surface area contributed by atoms with E-state index in [1.54, 1.807) is 0 Å². The Balaban J connectivity index is 2.08. The Morgan fingerprint density at radius 2 is 2.00 bits per heavy atom. The second-order valence-corrected chi connectivity index (χ2v) is 7.62. The molecule has 1 aromatic rings. The zero-order chi connectivity index (χ0) is 16.9. The average Bonchev–Trinajstić information content (AvgIpc) is 3.02. The maximum Gasteiger partial charge on any atom is 0.243 e. The summed E-state index contributed by atoms with van der Waals surface area (Å²) in [7, 11) is -3.78. The number of hydrogen-bond acceptors (Lipinski definition) is 3. The van der Waals surface area contributed by atoms with E-state index < -0.39 is 21.9 Å². The summed E-state index contributed by atoms with van der Waals surface area (Å²) in [5, 5.41) is 2.82. The SMILES string of the molecule is CCCCCNC(=O)C1CCCN1S(=O)(=O)c1ccc(F)cc1. The van der Waals surface area contributed by atoms with Gasteiger partial charge in [0.1, 0.15) is 11.9 Å². The molecule has 1 atom stereocenters. The van der Waals surface area contributed by atoms with Gasteiger partial charge in [-0.2, -0.15) is 4.31 Å². The highest BCUT2D eigenvalue weighted by atomic mass is 32.2. The van der Waals surface area contributed by atoms with Gasteiger partial charge < -0.3 is 5.32 Å². The van der Waals surface area contributed by atoms with Crippen LogP contribution in [0.5, 0.6) is 0 Å². The van der Waals surface area contributed by atoms with Gasteiger partial charge >= 0.3 is 0 Å². The van der Waals surface area contributed by atoms with Crippen LogP contribution in [0.3, 0.4) is 0 Å². The topological polar surface area (TPSA) is 66.5 Å². The van der Waals surface area contributed by atoms with Crippen molar-refractivity contribution in [2.45, 2.75) is 50.0 Å². The van der Waals surface area contributed by atoms with Gasteiger partial charge in [0.2, 0.25) is 15.9 Å². The summed E-state index contributed by atoms with van der Waals surface area (Å²) < 4.78 is 39.5. The van der Waals surface area contributed by atoms with Crippen LogP contribution in [0.15, 0.2) is 29.2 Å². The standard InChI is InChI=1S/C16H23FN2O3S/c1-2-3-4-11-18-16(20)15-6-5-12-19(15)23(21,22)14-9-7-13(17)8-10-14/h7-10,15H,2-6,11-12H2,1H3,(H,18,20). The van der Waals surface area contributed by atoms with Crippen molar-refractivity contribution in [2.24, 2.45) is 0 Å². The molecule has 23 heavy (non-hydrogen) atoms. The quantitative estimate of drug-likeness (QED) is 0.773. The van der Waals surface area contributed by atoms with E-state index in [9.17, 15) is 17.6 Å². The van der Waals surface area contributed by atoms with E-state index in [1.165, 1.54) is 16.4 Å². The van der Waals surface area contributed by atoms with Crippen molar-refractivity contribution >= 4 is 15.9 Å². The Bertz CT molecular complexity index is 631. The summed E-state index contributed by atoms with van der Waals surface area (Å²) in [4.78, 5) is 12.3. The molecule has 1 saturated heterocycles. The van der Waals surface area contributed by atoms with Gasteiger partial charge in [0.25, 0.3) is 0 Å². The third-order valence-electron chi connectivity index (χ3n) is 4.01. The van der Waals surface area contributed by atoms with E-state index in [0.29, 0.717) is 25.9 Å². The monoisotopic (exact) mass is 342 g/mol. The van der Waals surface area contributed by atoms with E-state index in [1.807, 2.05) is 0 Å². The molecule has 128 valence electrons. The third-order valence-corrected chi connectivity index (χ3v) is 5.93. The van der Waals surface area contributed by atoms with Gasteiger partial charge in [-0.15, -0.1) is 0 Å². The van der Waals surface area contributed by atoms with Gasteiger partial charge in [-0.3, -0.25) is 4.79 Å². The van der Waals surface area contributed by atoms with Crippen molar-refractivity contribution < 1.29 is 17.6 Å². The zero-order valence-corrected chi connectivity index (χ0v) is 14.1. The number of nitrogens with zero attached hydrogens (tertiary/aromatic N) is 1. The van der Waals surface area contributed by atoms with Crippen molar-refractivity contribution in [3.63, 3.8) is 0 Å². The van der Waals surface area contributed by atoms with Crippen molar-refractivity contribution in [1.29, 1.82) is 0 Å². The van der Waals surface area contributed by atoms with Gasteiger partial charge in [-0.1, -0.05) is 19.8 Å². The molecule has 1 aliphatic heterocycles. The molecular weight excluding hydrogens is 319 g/mol. The molecule has 1 aliphatic rings. The van der Waals surface area contributed by atoms with Crippen LogP contribution in [0.25, 0.3) is 0 Å². The van der Waals surface area contributed by atoms with Crippen molar-refractivity contribution in [1.82, 2.24) is 9.62 Å². The molecule has 0 radical (unpaired) electrons. The number of hydrogen-bond donors (Lipinski definition) is 1. The number of rotatable bonds is 7. The van der Waals surface area contributed by atoms with Crippen molar-refractivity contribution in [2.75, 3.05) is 13.1 Å². The molecule has 1 aromatic carbocycles. The fraction of sp³-hybridized carbons (Fsp3) is 0.562. The normalized spacial score (nSPS) is 19.0. The zero-order valence-electron chi connectivity index (χ0n) is 13.3. The minimum atomic E-state index is -3.78. The molecule has 1 N–H and O–H groups in total. The lowest BCUT2D eigenvalue weighted by Crippen LogP contribution is -2.46. The molecule has 0 aliphatic carbocycles. The molecule has 0 aromatic heterocycles. The first-order valence-corrected chi connectivity index (χ1v) is 9.46. The Morgan fingerprint density at radius 3 is 2.65 bits per heavy atom. The summed E-state index contributed by atoms with van der Waals surface area (Å²) in [6, 6.07) is 4.02. The molecule has 5 nitrogen and oxygen atoms in total. The lowest BCUT2D eigenvalue weighted by Gasteiger charge is -2.23. The van der Waals surface area contributed by atoms with Gasteiger partial charge in [-0.05, 0) is 43.5 Å². The fourth-order valence-electron chi connectivity index (χ4n) is 2.74. The lowest BCUT2D eigenvalue weighted by atomic mass is 10.2. The number of carbonyl (C=O) groups is 1. The average molecular weight is 342 g/mol. The van der Waals surface area contributed by atoms with E-state index in [4.69, 9.17) is 0 Å². The van der Waals surface area contributed by atoms with E-state index in [-0.39, 0.29) is 10.8 Å². The summed E-state index contributed by atoms with van der Waals surface area (Å²) in [6.07, 6.45) is 4.14. The first kappa shape index (κ1) is 17.9. The Hall–Kier alpha value is -1.47. The lowest BCUT2D eigenvalue weighted by molar-refractivity contribution is -0.124. The van der Waals surface area contributed by atoms with Crippen molar-refractivity contribution in [3.05, 3.63) is 30.1 Å². The van der Waals surface area contributed by atoms with Crippen LogP contribution in [0.1, 0.15) is 39.0 Å². The second-order valence-electron chi connectivity index (χ2n) is 5.73. The number of halogens is 1. The number of unbranched alkanes of at least 4 members (excludes halogenated alkanes) is 2. The Labute approximate surface area is 136 Å². The van der Waals surface area contributed by atoms with E-state index >= 15 is 0 Å². The van der Waals surface area contributed by atoms with Crippen LogP contribution in [-0.2, 0) is 14.8 Å². The molecule has 0 bridgehead atoms. The van der Waals surface area contributed by atoms with Gasteiger partial charge in [0.05, 0.1) is 4.90 Å². The van der Waals surface area contributed by atoms with E-state index in [2.05, 4.69) is 12.2 Å². The molecule has 1 amide bonds. The number of sulfonamides is 1. The molecule has 1 unspecified atom stereocenters. The molecule has 7 heteroatoms. The summed E-state index contributed by atoms with van der Waals surface area (Å²) in [5.41, 5.74) is 0. The highest BCUT2D eigenvalue weighted by Gasteiger charge is 2.39. The Kier molecular flexibility index (Phi) is 6.12. The van der Waals surface area contributed by atoms with Gasteiger partial charge in [-0.25, -0.2) is 12.8 Å². The number of amides is 1. The molecule has 1 fully saturated rings. The molecule has 1 heterocycles. The highest BCUT2D eigenvalue weighted by Crippen LogP contribution is 2.26. The van der Waals surface area contributed by atoms with Crippen LogP contribution in [0.2, 0.25) is 0 Å². The first-order chi connectivity index (χ1) is 11.0. The predicted octanol–water partition coefficient (Wildman–Crippen LogP) is 2.29. The number of carbonyl (C=O) groups excluding carboxylic acids is 1. The van der Waals surface area contributed by atoms with E-state index in [0.717, 1.165) is 31.4 Å². The minimum absolute atomic E-state index is 0.0181. The number of benzene rings is 1. The van der Waals surface area contributed by atoms with Gasteiger partial charge in [0.15, 0.2) is 0 Å². The highest BCUT2D eigenvalue weighted by molar-refractivity contribution is 7.89. The Morgan fingerprint density at radius 1 is 1.30 bits per heavy atom. The largest absolute Gasteiger partial charge is 0.355 e. The van der Waals surface area contributed by atoms with Crippen LogP contribution >= 0.6 is 0 Å². The van der Waals surface area contributed by atoms with Crippen LogP contribution in [0.4, 0.5) is 4.39 Å². The maximum absolute atomic E-state index is 13.0. The summed E-state index contributed by atoms with van der Waals surface area (Å²) in [5.74, 6) is -0.736. The molecule has 0 saturated carbocycles. The van der Waals surface area contributed by atoms with Gasteiger partial charge in [0, 0.05) is 13.1 Å². The third kappa shape index (κ3) is 4.29. The number of nitrogens with one attached hydrogen (secondary N) is 1. The molecule has 2 rings (SSSR count). The second kappa shape index (κ2) is 7.88. The first-order valence-electron chi connectivity index (χ1n) is 8.02. The predicted molar refractivity (Wildman–Crippen MR) is 85.8 cm³/mol. The smallest absolute Gasteiger partial charge is 0.243 e. The molecule has 0 spiro atoms. The summed E-state index contributed by atoms with van der Waals surface area (Å²) >= 11 is 0. The van der Waals surface area contributed by atoms with Crippen LogP contribution in [-0.4, -0.2) is 37.8 Å². The minimum Gasteiger partial charge on any atom is -0.355 e. The van der Waals surface area contributed by atoms with Crippen LogP contribution in [0, 0.1) is 5.82 Å². The van der Waals surface area contributed by atoms with Crippen LogP contribution < -0.4 is 5.32 Å². The van der Waals surface area contributed by atoms with Crippen molar-refractivity contribution in [3.8, 4) is 0 Å². The summed E-state index contributed by atoms with van der Waals surface area (Å²) in [6.45, 7) is 2.95. The molecular formula is C16H23FN2O3S. The maximum atomic E-state index is 13.0.